The number of hydrogen-bond acceptors (Lipinski definition) is 3. The van der Waals surface area contributed by atoms with Crippen LogP contribution in [0.3, 0.4) is 0 Å². The van der Waals surface area contributed by atoms with Gasteiger partial charge in [0.1, 0.15) is 0 Å². The number of hydrogen-bond donors (Lipinski definition) is 3. The Morgan fingerprint density at radius 2 is 1.65 bits per heavy atom. The number of likely N-dealkylation sites (N-methyl/N-ethyl adjacent to an activating group) is 1. The van der Waals surface area contributed by atoms with Crippen molar-refractivity contribution in [2.45, 2.75) is 26.4 Å². The first-order valence-electron chi connectivity index (χ1n) is 7.91. The van der Waals surface area contributed by atoms with Crippen LogP contribution >= 0.6 is 0 Å². The number of carbonyl (C=O) groups is 2. The summed E-state index contributed by atoms with van der Waals surface area (Å²) in [5.41, 5.74) is 2.18. The minimum atomic E-state index is -0.0588. The van der Waals surface area contributed by atoms with Crippen LogP contribution in [0.25, 0.3) is 0 Å². The Kier molecular flexibility index (Phi) is 7.54. The van der Waals surface area contributed by atoms with Crippen LogP contribution in [0, 0.1) is 0 Å². The number of quaternary nitrogens is 1. The van der Waals surface area contributed by atoms with Crippen molar-refractivity contribution in [3.8, 4) is 0 Å². The Balaban J connectivity index is 2.34. The molecule has 128 valence electrons. The summed E-state index contributed by atoms with van der Waals surface area (Å²) >= 11 is 0. The lowest BCUT2D eigenvalue weighted by Gasteiger charge is -2.15. The number of carbonyl (C=O) groups excluding carboxylic acids is 2. The van der Waals surface area contributed by atoms with Gasteiger partial charge in [-0.3, -0.25) is 9.59 Å². The third-order valence-electron chi connectivity index (χ3n) is 3.32. The topological polar surface area (TPSA) is 65.9 Å². The molecule has 0 bridgehead atoms. The summed E-state index contributed by atoms with van der Waals surface area (Å²) in [5, 5.41) is 5.71. The summed E-state index contributed by atoms with van der Waals surface area (Å²) in [6, 6.07) is 8.17. The van der Waals surface area contributed by atoms with E-state index in [1.165, 1.54) is 0 Å². The van der Waals surface area contributed by atoms with Crippen molar-refractivity contribution in [3.05, 3.63) is 29.8 Å². The van der Waals surface area contributed by atoms with Gasteiger partial charge in [0.2, 0.25) is 0 Å². The van der Waals surface area contributed by atoms with Gasteiger partial charge >= 0.3 is 0 Å². The van der Waals surface area contributed by atoms with Crippen LogP contribution in [0.2, 0.25) is 0 Å². The second-order valence-electron chi connectivity index (χ2n) is 6.37. The van der Waals surface area contributed by atoms with Crippen LogP contribution in [-0.4, -0.2) is 52.1 Å². The van der Waals surface area contributed by atoms with Crippen LogP contribution in [0.4, 0.5) is 5.69 Å². The molecule has 0 aliphatic heterocycles. The van der Waals surface area contributed by atoms with E-state index in [1.807, 2.05) is 64.2 Å². The quantitative estimate of drug-likeness (QED) is 0.599. The second-order valence-corrected chi connectivity index (χ2v) is 6.37. The molecule has 1 aromatic carbocycles. The summed E-state index contributed by atoms with van der Waals surface area (Å²) in [4.78, 5) is 26.5. The predicted molar refractivity (Wildman–Crippen MR) is 92.5 cm³/mol. The maximum absolute atomic E-state index is 11.9. The van der Waals surface area contributed by atoms with Gasteiger partial charge in [-0.05, 0) is 31.5 Å². The zero-order valence-corrected chi connectivity index (χ0v) is 14.8. The Labute approximate surface area is 138 Å². The molecule has 0 aliphatic carbocycles. The standard InChI is InChI=1S/C17H28N4O2/c1-13(2)19-17(23)12-21(5)11-16(22)18-10-14-6-8-15(9-7-14)20(3)4/h6-9,13H,10-12H2,1-5H3,(H,18,22)(H,19,23)/p+1. The van der Waals surface area contributed by atoms with Gasteiger partial charge in [-0.1, -0.05) is 12.1 Å². The number of anilines is 1. The Morgan fingerprint density at radius 1 is 1.09 bits per heavy atom. The van der Waals surface area contributed by atoms with Crippen molar-refractivity contribution < 1.29 is 14.5 Å². The molecule has 0 aromatic heterocycles. The van der Waals surface area contributed by atoms with Gasteiger partial charge < -0.3 is 20.4 Å². The Hall–Kier alpha value is -2.08. The SMILES string of the molecule is CC(C)NC(=O)C[NH+](C)CC(=O)NCc1ccc(N(C)C)cc1. The summed E-state index contributed by atoms with van der Waals surface area (Å²) in [5.74, 6) is -0.0962. The van der Waals surface area contributed by atoms with Gasteiger partial charge in [-0.25, -0.2) is 0 Å². The van der Waals surface area contributed by atoms with Crippen molar-refractivity contribution in [2.75, 3.05) is 39.1 Å². The fraction of sp³-hybridized carbons (Fsp3) is 0.529. The molecule has 6 heteroatoms. The van der Waals surface area contributed by atoms with Gasteiger partial charge in [0.15, 0.2) is 13.1 Å². The van der Waals surface area contributed by atoms with Crippen molar-refractivity contribution in [1.82, 2.24) is 10.6 Å². The molecule has 1 unspecified atom stereocenters. The Morgan fingerprint density at radius 3 is 2.17 bits per heavy atom. The highest BCUT2D eigenvalue weighted by Crippen LogP contribution is 2.11. The first kappa shape index (κ1) is 19.0. The van der Waals surface area contributed by atoms with E-state index in [-0.39, 0.29) is 24.4 Å². The van der Waals surface area contributed by atoms with Gasteiger partial charge in [-0.2, -0.15) is 0 Å². The third-order valence-corrected chi connectivity index (χ3v) is 3.32. The van der Waals surface area contributed by atoms with E-state index in [0.717, 1.165) is 16.2 Å². The monoisotopic (exact) mass is 321 g/mol. The molecule has 3 N–H and O–H groups in total. The first-order chi connectivity index (χ1) is 10.8. The molecule has 1 aromatic rings. The molecule has 0 aliphatic rings. The van der Waals surface area contributed by atoms with Crippen LogP contribution in [0.1, 0.15) is 19.4 Å². The van der Waals surface area contributed by atoms with Crippen LogP contribution < -0.4 is 20.4 Å². The van der Waals surface area contributed by atoms with Crippen molar-refractivity contribution in [1.29, 1.82) is 0 Å². The highest BCUT2D eigenvalue weighted by Gasteiger charge is 2.14. The molecular weight excluding hydrogens is 292 g/mol. The van der Waals surface area contributed by atoms with Crippen molar-refractivity contribution >= 4 is 17.5 Å². The number of nitrogens with zero attached hydrogens (tertiary/aromatic N) is 1. The lowest BCUT2D eigenvalue weighted by molar-refractivity contribution is -0.862. The maximum atomic E-state index is 11.9. The fourth-order valence-electron chi connectivity index (χ4n) is 2.16. The summed E-state index contributed by atoms with van der Waals surface area (Å²) < 4.78 is 0. The smallest absolute Gasteiger partial charge is 0.275 e. The van der Waals surface area contributed by atoms with Crippen LogP contribution in [0.15, 0.2) is 24.3 Å². The number of benzene rings is 1. The molecule has 0 saturated carbocycles. The largest absolute Gasteiger partial charge is 0.378 e. The number of amides is 2. The van der Waals surface area contributed by atoms with E-state index in [1.54, 1.807) is 0 Å². The molecule has 0 fully saturated rings. The average molecular weight is 321 g/mol. The minimum Gasteiger partial charge on any atom is -0.378 e. The molecule has 1 atom stereocenters. The lowest BCUT2D eigenvalue weighted by atomic mass is 10.2. The highest BCUT2D eigenvalue weighted by atomic mass is 16.2. The first-order valence-corrected chi connectivity index (χ1v) is 7.91. The molecule has 0 heterocycles. The third kappa shape index (κ3) is 7.65. The van der Waals surface area contributed by atoms with E-state index < -0.39 is 0 Å². The van der Waals surface area contributed by atoms with E-state index >= 15 is 0 Å². The molecule has 1 rings (SSSR count). The summed E-state index contributed by atoms with van der Waals surface area (Å²) in [6.45, 7) is 4.91. The summed E-state index contributed by atoms with van der Waals surface area (Å²) in [7, 11) is 5.82. The van der Waals surface area contributed by atoms with Crippen LogP contribution in [0.5, 0.6) is 0 Å². The molecule has 23 heavy (non-hydrogen) atoms. The van der Waals surface area contributed by atoms with Gasteiger partial charge in [0, 0.05) is 32.4 Å². The maximum Gasteiger partial charge on any atom is 0.275 e. The predicted octanol–water partition coefficient (Wildman–Crippen LogP) is -0.592. The molecule has 0 spiro atoms. The molecule has 0 radical (unpaired) electrons. The van der Waals surface area contributed by atoms with E-state index in [9.17, 15) is 9.59 Å². The van der Waals surface area contributed by atoms with E-state index in [0.29, 0.717) is 13.1 Å². The molecule has 2 amide bonds. The Bertz CT molecular complexity index is 512. The van der Waals surface area contributed by atoms with Gasteiger partial charge in [0.25, 0.3) is 11.8 Å². The molecular formula is C17H29N4O2+. The lowest BCUT2D eigenvalue weighted by Crippen LogP contribution is -3.11. The summed E-state index contributed by atoms with van der Waals surface area (Å²) in [6.07, 6.45) is 0. The minimum absolute atomic E-state index is 0.0374. The molecule has 6 nitrogen and oxygen atoms in total. The van der Waals surface area contributed by atoms with Crippen molar-refractivity contribution in [3.63, 3.8) is 0 Å². The fourth-order valence-corrected chi connectivity index (χ4v) is 2.16. The number of rotatable bonds is 8. The highest BCUT2D eigenvalue weighted by molar-refractivity contribution is 5.79. The average Bonchev–Trinajstić information content (AvgIpc) is 2.44. The van der Waals surface area contributed by atoms with Crippen LogP contribution in [-0.2, 0) is 16.1 Å². The zero-order chi connectivity index (χ0) is 17.4. The van der Waals surface area contributed by atoms with E-state index in [4.69, 9.17) is 0 Å². The molecule has 0 saturated heterocycles. The van der Waals surface area contributed by atoms with Gasteiger partial charge in [0.05, 0.1) is 7.05 Å². The zero-order valence-electron chi connectivity index (χ0n) is 14.8. The van der Waals surface area contributed by atoms with E-state index in [2.05, 4.69) is 10.6 Å². The second kappa shape index (κ2) is 9.15. The van der Waals surface area contributed by atoms with Crippen molar-refractivity contribution in [2.24, 2.45) is 0 Å². The number of nitrogens with one attached hydrogen (secondary N) is 3. The van der Waals surface area contributed by atoms with Gasteiger partial charge in [-0.15, -0.1) is 0 Å². The normalized spacial score (nSPS) is 11.9.